The Morgan fingerprint density at radius 1 is 1.32 bits per heavy atom. The Morgan fingerprint density at radius 2 is 2.00 bits per heavy atom. The smallest absolute Gasteiger partial charge is 0.341 e. The second-order valence-electron chi connectivity index (χ2n) is 4.18. The zero-order valence-electron chi connectivity index (χ0n) is 10.4. The largest absolute Gasteiger partial charge is 0.477 e. The minimum Gasteiger partial charge on any atom is -0.477 e. The molecule has 0 spiro atoms. The van der Waals surface area contributed by atoms with E-state index in [1.807, 2.05) is 25.1 Å². The molecule has 1 aromatic heterocycles. The second kappa shape index (κ2) is 4.97. The van der Waals surface area contributed by atoms with Gasteiger partial charge < -0.3 is 10.8 Å². The van der Waals surface area contributed by atoms with Gasteiger partial charge in [0.1, 0.15) is 11.4 Å². The molecule has 0 amide bonds. The maximum absolute atomic E-state index is 11.0. The highest BCUT2D eigenvalue weighted by atomic mass is 79.9. The van der Waals surface area contributed by atoms with Gasteiger partial charge in [0.05, 0.1) is 5.69 Å². The molecule has 2 rings (SSSR count). The zero-order valence-corrected chi connectivity index (χ0v) is 12.0. The van der Waals surface area contributed by atoms with E-state index in [2.05, 4.69) is 25.9 Å². The molecule has 1 aromatic carbocycles. The van der Waals surface area contributed by atoms with Gasteiger partial charge in [0.2, 0.25) is 0 Å². The molecule has 2 aromatic rings. The number of benzene rings is 1. The SMILES string of the molecule is Cc1ccc(-c2nc(C)c(C(=O)O)c(N)n2)c(Br)c1. The third kappa shape index (κ3) is 2.58. The van der Waals surface area contributed by atoms with Crippen LogP contribution in [0.2, 0.25) is 0 Å². The number of halogens is 1. The van der Waals surface area contributed by atoms with E-state index in [9.17, 15) is 4.79 Å². The molecule has 6 heteroatoms. The van der Waals surface area contributed by atoms with E-state index in [4.69, 9.17) is 10.8 Å². The van der Waals surface area contributed by atoms with Gasteiger partial charge in [-0.1, -0.05) is 22.0 Å². The number of aromatic nitrogens is 2. The van der Waals surface area contributed by atoms with Crippen molar-refractivity contribution in [3.8, 4) is 11.4 Å². The Kier molecular flexibility index (Phi) is 3.53. The number of nitrogen functional groups attached to an aromatic ring is 1. The molecule has 0 saturated heterocycles. The molecule has 98 valence electrons. The summed E-state index contributed by atoms with van der Waals surface area (Å²) in [5.41, 5.74) is 7.87. The average Bonchev–Trinajstić information content (AvgIpc) is 2.26. The number of rotatable bonds is 2. The third-order valence-electron chi connectivity index (χ3n) is 2.70. The van der Waals surface area contributed by atoms with Crippen molar-refractivity contribution in [2.75, 3.05) is 5.73 Å². The number of carboxylic acid groups (broad SMARTS) is 1. The maximum Gasteiger partial charge on any atom is 0.341 e. The van der Waals surface area contributed by atoms with E-state index in [0.717, 1.165) is 15.6 Å². The predicted octanol–water partition coefficient (Wildman–Crippen LogP) is 2.80. The minimum atomic E-state index is -1.12. The molecular formula is C13H12BrN3O2. The molecule has 3 N–H and O–H groups in total. The van der Waals surface area contributed by atoms with Gasteiger partial charge in [-0.05, 0) is 31.5 Å². The Hall–Kier alpha value is -1.95. The van der Waals surface area contributed by atoms with Crippen LogP contribution >= 0.6 is 15.9 Å². The summed E-state index contributed by atoms with van der Waals surface area (Å²) in [7, 11) is 0. The Morgan fingerprint density at radius 3 is 2.53 bits per heavy atom. The molecule has 1 heterocycles. The number of carbonyl (C=O) groups is 1. The highest BCUT2D eigenvalue weighted by Gasteiger charge is 2.17. The van der Waals surface area contributed by atoms with Gasteiger partial charge in [0, 0.05) is 10.0 Å². The van der Waals surface area contributed by atoms with Crippen LogP contribution in [0.5, 0.6) is 0 Å². The van der Waals surface area contributed by atoms with Crippen molar-refractivity contribution in [3.05, 3.63) is 39.5 Å². The standard InChI is InChI=1S/C13H12BrN3O2/c1-6-3-4-8(9(14)5-6)12-16-7(2)10(13(18)19)11(15)17-12/h3-5H,1-2H3,(H,18,19)(H2,15,16,17). The summed E-state index contributed by atoms with van der Waals surface area (Å²) in [4.78, 5) is 19.3. The van der Waals surface area contributed by atoms with E-state index in [1.54, 1.807) is 6.92 Å². The number of nitrogens with two attached hydrogens (primary N) is 1. The van der Waals surface area contributed by atoms with Crippen molar-refractivity contribution >= 4 is 27.7 Å². The lowest BCUT2D eigenvalue weighted by atomic mass is 10.1. The van der Waals surface area contributed by atoms with Crippen molar-refractivity contribution in [3.63, 3.8) is 0 Å². The Labute approximate surface area is 118 Å². The van der Waals surface area contributed by atoms with Gasteiger partial charge in [-0.15, -0.1) is 0 Å². The molecule has 0 unspecified atom stereocenters. The van der Waals surface area contributed by atoms with Crippen LogP contribution in [-0.4, -0.2) is 21.0 Å². The van der Waals surface area contributed by atoms with Crippen LogP contribution in [0.1, 0.15) is 21.6 Å². The fourth-order valence-electron chi connectivity index (χ4n) is 1.78. The highest BCUT2D eigenvalue weighted by Crippen LogP contribution is 2.28. The first-order chi connectivity index (χ1) is 8.90. The molecule has 0 saturated carbocycles. The van der Waals surface area contributed by atoms with E-state index >= 15 is 0 Å². The van der Waals surface area contributed by atoms with Crippen LogP contribution < -0.4 is 5.73 Å². The number of hydrogen-bond acceptors (Lipinski definition) is 4. The number of hydrogen-bond donors (Lipinski definition) is 2. The fraction of sp³-hybridized carbons (Fsp3) is 0.154. The first-order valence-corrected chi connectivity index (χ1v) is 6.33. The molecule has 5 nitrogen and oxygen atoms in total. The molecule has 0 aliphatic rings. The quantitative estimate of drug-likeness (QED) is 0.887. The van der Waals surface area contributed by atoms with Crippen molar-refractivity contribution < 1.29 is 9.90 Å². The first-order valence-electron chi connectivity index (χ1n) is 5.54. The molecule has 0 atom stereocenters. The Bertz CT molecular complexity index is 648. The third-order valence-corrected chi connectivity index (χ3v) is 3.35. The van der Waals surface area contributed by atoms with E-state index in [1.165, 1.54) is 0 Å². The predicted molar refractivity (Wildman–Crippen MR) is 76.0 cm³/mol. The number of aromatic carboxylic acids is 1. The second-order valence-corrected chi connectivity index (χ2v) is 5.04. The lowest BCUT2D eigenvalue weighted by Gasteiger charge is -2.09. The van der Waals surface area contributed by atoms with Crippen molar-refractivity contribution in [2.45, 2.75) is 13.8 Å². The lowest BCUT2D eigenvalue weighted by Crippen LogP contribution is -2.10. The normalized spacial score (nSPS) is 10.5. The van der Waals surface area contributed by atoms with E-state index in [-0.39, 0.29) is 11.4 Å². The molecule has 0 bridgehead atoms. The number of anilines is 1. The summed E-state index contributed by atoms with van der Waals surface area (Å²) < 4.78 is 0.842. The molecule has 0 radical (unpaired) electrons. The lowest BCUT2D eigenvalue weighted by molar-refractivity contribution is 0.0696. The van der Waals surface area contributed by atoms with Crippen LogP contribution in [-0.2, 0) is 0 Å². The minimum absolute atomic E-state index is 0.0255. The first kappa shape index (κ1) is 13.5. The van der Waals surface area contributed by atoms with Crippen LogP contribution in [0, 0.1) is 13.8 Å². The molecule has 19 heavy (non-hydrogen) atoms. The summed E-state index contributed by atoms with van der Waals surface area (Å²) in [6, 6.07) is 5.74. The van der Waals surface area contributed by atoms with Gasteiger partial charge >= 0.3 is 5.97 Å². The van der Waals surface area contributed by atoms with Crippen molar-refractivity contribution in [2.24, 2.45) is 0 Å². The Balaban J connectivity index is 2.61. The van der Waals surface area contributed by atoms with E-state index < -0.39 is 5.97 Å². The fourth-order valence-corrected chi connectivity index (χ4v) is 2.45. The summed E-state index contributed by atoms with van der Waals surface area (Å²) in [5, 5.41) is 9.03. The van der Waals surface area contributed by atoms with Crippen LogP contribution in [0.25, 0.3) is 11.4 Å². The van der Waals surface area contributed by atoms with Crippen LogP contribution in [0.15, 0.2) is 22.7 Å². The van der Waals surface area contributed by atoms with Gasteiger partial charge in [0.25, 0.3) is 0 Å². The average molecular weight is 322 g/mol. The summed E-state index contributed by atoms with van der Waals surface area (Å²) in [6.45, 7) is 3.58. The summed E-state index contributed by atoms with van der Waals surface area (Å²) >= 11 is 3.44. The monoisotopic (exact) mass is 321 g/mol. The molecular weight excluding hydrogens is 310 g/mol. The van der Waals surface area contributed by atoms with Gasteiger partial charge in [-0.3, -0.25) is 0 Å². The maximum atomic E-state index is 11.0. The van der Waals surface area contributed by atoms with E-state index in [0.29, 0.717) is 11.5 Å². The molecule has 0 aliphatic heterocycles. The highest BCUT2D eigenvalue weighted by molar-refractivity contribution is 9.10. The van der Waals surface area contributed by atoms with Crippen molar-refractivity contribution in [1.82, 2.24) is 9.97 Å². The topological polar surface area (TPSA) is 89.1 Å². The van der Waals surface area contributed by atoms with Crippen molar-refractivity contribution in [1.29, 1.82) is 0 Å². The number of nitrogens with zero attached hydrogens (tertiary/aromatic N) is 2. The van der Waals surface area contributed by atoms with Gasteiger partial charge in [-0.2, -0.15) is 0 Å². The zero-order chi connectivity index (χ0) is 14.2. The summed E-state index contributed by atoms with van der Waals surface area (Å²) in [5.74, 6) is -0.737. The summed E-state index contributed by atoms with van der Waals surface area (Å²) in [6.07, 6.45) is 0. The van der Waals surface area contributed by atoms with Crippen LogP contribution in [0.4, 0.5) is 5.82 Å². The number of carboxylic acids is 1. The van der Waals surface area contributed by atoms with Gasteiger partial charge in [-0.25, -0.2) is 14.8 Å². The number of aryl methyl sites for hydroxylation is 2. The molecule has 0 fully saturated rings. The molecule has 0 aliphatic carbocycles. The van der Waals surface area contributed by atoms with Gasteiger partial charge in [0.15, 0.2) is 5.82 Å². The van der Waals surface area contributed by atoms with Crippen LogP contribution in [0.3, 0.4) is 0 Å².